The Hall–Kier alpha value is -0.610. The average Bonchev–Trinajstić information content (AvgIpc) is 2.41. The van der Waals surface area contributed by atoms with Gasteiger partial charge in [0.1, 0.15) is 0 Å². The summed E-state index contributed by atoms with van der Waals surface area (Å²) in [6.45, 7) is 6.41. The van der Waals surface area contributed by atoms with Crippen LogP contribution in [0, 0.1) is 0 Å². The summed E-state index contributed by atoms with van der Waals surface area (Å²) in [7, 11) is 1.48. The molecule has 4 nitrogen and oxygen atoms in total. The molecule has 1 heterocycles. The summed E-state index contributed by atoms with van der Waals surface area (Å²) in [6.07, 6.45) is 7.12. The summed E-state index contributed by atoms with van der Waals surface area (Å²) in [6, 6.07) is 0.952. The van der Waals surface area contributed by atoms with Crippen molar-refractivity contribution in [3.05, 3.63) is 0 Å². The number of nitrogens with zero attached hydrogens (tertiary/aromatic N) is 1. The number of ether oxygens (including phenoxy) is 1. The van der Waals surface area contributed by atoms with Crippen LogP contribution in [-0.2, 0) is 9.53 Å². The predicted octanol–water partition coefficient (Wildman–Crippen LogP) is 1.93. The highest BCUT2D eigenvalue weighted by Crippen LogP contribution is 2.28. The highest BCUT2D eigenvalue weighted by Gasteiger charge is 2.37. The number of carbonyl (C=O) groups is 1. The number of hydrogen-bond donors (Lipinski definition) is 1. The lowest BCUT2D eigenvalue weighted by molar-refractivity contribution is -0.143. The van der Waals surface area contributed by atoms with Gasteiger partial charge in [0.25, 0.3) is 0 Å². The molecule has 0 radical (unpaired) electrons. The SMILES string of the molecule is COC(=O)CC1CNC(C)(C)CN1C1CCCCC1. The number of rotatable bonds is 3. The molecule has 1 atom stereocenters. The topological polar surface area (TPSA) is 41.6 Å². The molecule has 1 saturated carbocycles. The van der Waals surface area contributed by atoms with E-state index in [1.54, 1.807) is 0 Å². The quantitative estimate of drug-likeness (QED) is 0.794. The van der Waals surface area contributed by atoms with Crippen LogP contribution < -0.4 is 5.32 Å². The molecule has 1 unspecified atom stereocenters. The van der Waals surface area contributed by atoms with Gasteiger partial charge in [0.05, 0.1) is 13.5 Å². The number of nitrogens with one attached hydrogen (secondary N) is 1. The Morgan fingerprint density at radius 3 is 2.63 bits per heavy atom. The van der Waals surface area contributed by atoms with Gasteiger partial charge in [-0.25, -0.2) is 0 Å². The van der Waals surface area contributed by atoms with Gasteiger partial charge in [0, 0.05) is 30.7 Å². The zero-order valence-corrected chi connectivity index (χ0v) is 12.6. The summed E-state index contributed by atoms with van der Waals surface area (Å²) in [5, 5.41) is 3.56. The maximum Gasteiger partial charge on any atom is 0.307 e. The number of piperazine rings is 1. The first kappa shape index (κ1) is 14.8. The van der Waals surface area contributed by atoms with E-state index in [1.807, 2.05) is 0 Å². The first-order valence-corrected chi connectivity index (χ1v) is 7.59. The first-order valence-electron chi connectivity index (χ1n) is 7.59. The zero-order chi connectivity index (χ0) is 13.9. The van der Waals surface area contributed by atoms with Crippen LogP contribution >= 0.6 is 0 Å². The van der Waals surface area contributed by atoms with E-state index in [0.29, 0.717) is 18.5 Å². The number of esters is 1. The maximum atomic E-state index is 11.6. The maximum absolute atomic E-state index is 11.6. The zero-order valence-electron chi connectivity index (χ0n) is 12.6. The summed E-state index contributed by atoms with van der Waals surface area (Å²) >= 11 is 0. The van der Waals surface area contributed by atoms with Gasteiger partial charge in [-0.3, -0.25) is 9.69 Å². The lowest BCUT2D eigenvalue weighted by Gasteiger charge is -2.48. The molecule has 2 rings (SSSR count). The van der Waals surface area contributed by atoms with E-state index in [-0.39, 0.29) is 11.5 Å². The third kappa shape index (κ3) is 3.93. The molecule has 1 aliphatic carbocycles. The van der Waals surface area contributed by atoms with E-state index in [9.17, 15) is 4.79 Å². The fourth-order valence-corrected chi connectivity index (χ4v) is 3.46. The minimum absolute atomic E-state index is 0.0904. The van der Waals surface area contributed by atoms with Gasteiger partial charge in [-0.2, -0.15) is 0 Å². The highest BCUT2D eigenvalue weighted by molar-refractivity contribution is 5.70. The molecule has 110 valence electrons. The van der Waals surface area contributed by atoms with Crippen molar-refractivity contribution in [2.75, 3.05) is 20.2 Å². The van der Waals surface area contributed by atoms with Crippen molar-refractivity contribution in [2.45, 2.75) is 70.0 Å². The van der Waals surface area contributed by atoms with Crippen molar-refractivity contribution >= 4 is 5.97 Å². The van der Waals surface area contributed by atoms with E-state index in [0.717, 1.165) is 13.1 Å². The fourth-order valence-electron chi connectivity index (χ4n) is 3.46. The molecule has 1 N–H and O–H groups in total. The molecule has 0 bridgehead atoms. The number of carbonyl (C=O) groups excluding carboxylic acids is 1. The molecular weight excluding hydrogens is 240 g/mol. The third-order valence-electron chi connectivity index (χ3n) is 4.54. The molecule has 2 aliphatic rings. The van der Waals surface area contributed by atoms with E-state index < -0.39 is 0 Å². The largest absolute Gasteiger partial charge is 0.469 e. The van der Waals surface area contributed by atoms with Crippen LogP contribution in [0.2, 0.25) is 0 Å². The molecule has 19 heavy (non-hydrogen) atoms. The Labute approximate surface area is 116 Å². The Bertz CT molecular complexity index is 311. The van der Waals surface area contributed by atoms with Crippen LogP contribution in [0.25, 0.3) is 0 Å². The van der Waals surface area contributed by atoms with Gasteiger partial charge in [-0.05, 0) is 26.7 Å². The first-order chi connectivity index (χ1) is 9.02. The van der Waals surface area contributed by atoms with Crippen LogP contribution in [0.15, 0.2) is 0 Å². The molecule has 1 saturated heterocycles. The van der Waals surface area contributed by atoms with Crippen LogP contribution in [0.4, 0.5) is 0 Å². The van der Waals surface area contributed by atoms with Crippen LogP contribution in [-0.4, -0.2) is 48.7 Å². The lowest BCUT2D eigenvalue weighted by atomic mass is 9.89. The third-order valence-corrected chi connectivity index (χ3v) is 4.54. The van der Waals surface area contributed by atoms with Crippen LogP contribution in [0.1, 0.15) is 52.4 Å². The molecule has 0 aromatic carbocycles. The van der Waals surface area contributed by atoms with Crippen molar-refractivity contribution in [1.82, 2.24) is 10.2 Å². The van der Waals surface area contributed by atoms with Gasteiger partial charge in [-0.1, -0.05) is 19.3 Å². The Morgan fingerprint density at radius 1 is 1.32 bits per heavy atom. The van der Waals surface area contributed by atoms with Gasteiger partial charge >= 0.3 is 5.97 Å². The Balaban J connectivity index is 2.04. The summed E-state index contributed by atoms with van der Waals surface area (Å²) < 4.78 is 4.85. The predicted molar refractivity (Wildman–Crippen MR) is 76.1 cm³/mol. The Morgan fingerprint density at radius 2 is 2.00 bits per heavy atom. The minimum Gasteiger partial charge on any atom is -0.469 e. The summed E-state index contributed by atoms with van der Waals surface area (Å²) in [5.74, 6) is -0.0904. The van der Waals surface area contributed by atoms with E-state index in [1.165, 1.54) is 39.2 Å². The Kier molecular flexibility index (Phi) is 4.85. The van der Waals surface area contributed by atoms with Crippen LogP contribution in [0.3, 0.4) is 0 Å². The van der Waals surface area contributed by atoms with Crippen molar-refractivity contribution in [2.24, 2.45) is 0 Å². The van der Waals surface area contributed by atoms with Gasteiger partial charge in [0.2, 0.25) is 0 Å². The summed E-state index contributed by atoms with van der Waals surface area (Å²) in [5.41, 5.74) is 0.143. The molecular formula is C15H28N2O2. The molecule has 0 aromatic heterocycles. The molecule has 4 heteroatoms. The van der Waals surface area contributed by atoms with Crippen molar-refractivity contribution in [3.8, 4) is 0 Å². The number of hydrogen-bond acceptors (Lipinski definition) is 4. The van der Waals surface area contributed by atoms with Crippen molar-refractivity contribution in [1.29, 1.82) is 0 Å². The standard InChI is InChI=1S/C15H28N2O2/c1-15(2)11-17(12-7-5-4-6-8-12)13(10-16-15)9-14(18)19-3/h12-13,16H,4-11H2,1-3H3. The van der Waals surface area contributed by atoms with Crippen molar-refractivity contribution in [3.63, 3.8) is 0 Å². The molecule has 1 aliphatic heterocycles. The van der Waals surface area contributed by atoms with Gasteiger partial charge in [-0.15, -0.1) is 0 Å². The van der Waals surface area contributed by atoms with Crippen molar-refractivity contribution < 1.29 is 9.53 Å². The normalized spacial score (nSPS) is 29.1. The number of methoxy groups -OCH3 is 1. The van der Waals surface area contributed by atoms with E-state index in [2.05, 4.69) is 24.1 Å². The van der Waals surface area contributed by atoms with E-state index >= 15 is 0 Å². The molecule has 2 fully saturated rings. The second kappa shape index (κ2) is 6.23. The van der Waals surface area contributed by atoms with Gasteiger partial charge < -0.3 is 10.1 Å². The van der Waals surface area contributed by atoms with Crippen LogP contribution in [0.5, 0.6) is 0 Å². The average molecular weight is 268 g/mol. The molecule has 0 amide bonds. The van der Waals surface area contributed by atoms with Gasteiger partial charge in [0.15, 0.2) is 0 Å². The smallest absolute Gasteiger partial charge is 0.307 e. The molecule has 0 aromatic rings. The summed E-state index contributed by atoms with van der Waals surface area (Å²) in [4.78, 5) is 14.2. The monoisotopic (exact) mass is 268 g/mol. The second-order valence-electron chi connectivity index (χ2n) is 6.66. The fraction of sp³-hybridized carbons (Fsp3) is 0.933. The minimum atomic E-state index is -0.0904. The lowest BCUT2D eigenvalue weighted by Crippen LogP contribution is -2.64. The second-order valence-corrected chi connectivity index (χ2v) is 6.66. The highest BCUT2D eigenvalue weighted by atomic mass is 16.5. The molecule has 0 spiro atoms. The van der Waals surface area contributed by atoms with E-state index in [4.69, 9.17) is 4.74 Å².